The number of amides is 4. The highest BCUT2D eigenvalue weighted by Crippen LogP contribution is 2.48. The molecule has 2 aromatic rings. The van der Waals surface area contributed by atoms with Gasteiger partial charge in [-0.15, -0.1) is 11.3 Å². The predicted molar refractivity (Wildman–Crippen MR) is 186 cm³/mol. The highest BCUT2D eigenvalue weighted by Gasteiger charge is 2.63. The van der Waals surface area contributed by atoms with E-state index in [0.29, 0.717) is 25.1 Å². The highest BCUT2D eigenvalue weighted by molar-refractivity contribution is 7.91. The third-order valence-electron chi connectivity index (χ3n) is 10.5. The van der Waals surface area contributed by atoms with Crippen LogP contribution in [0.2, 0.25) is 0 Å². The average Bonchev–Trinajstić information content (AvgIpc) is 3.83. The van der Waals surface area contributed by atoms with E-state index >= 15 is 0 Å². The Hall–Kier alpha value is -3.78. The summed E-state index contributed by atoms with van der Waals surface area (Å²) in [6.45, 7) is 6.06. The third-order valence-corrected chi connectivity index (χ3v) is 13.5. The summed E-state index contributed by atoms with van der Waals surface area (Å²) in [7, 11) is -2.23. The normalized spacial score (nSPS) is 28.7. The lowest BCUT2D eigenvalue weighted by Crippen LogP contribution is -2.55. The van der Waals surface area contributed by atoms with Crippen LogP contribution in [0.3, 0.4) is 0 Å². The first kappa shape index (κ1) is 35.1. The largest absolute Gasteiger partial charge is 0.446 e. The number of carbonyl (C=O) groups excluding carboxylic acids is 4. The topological polar surface area (TPSA) is 164 Å². The number of thiazole rings is 1. The summed E-state index contributed by atoms with van der Waals surface area (Å²) >= 11 is 1.49. The Morgan fingerprint density at radius 3 is 2.63 bits per heavy atom. The van der Waals surface area contributed by atoms with Crippen LogP contribution >= 0.6 is 11.3 Å². The first-order chi connectivity index (χ1) is 23.2. The van der Waals surface area contributed by atoms with Crippen molar-refractivity contribution in [2.45, 2.75) is 94.9 Å². The number of allylic oxidation sites excluding steroid dienone is 1. The van der Waals surface area contributed by atoms with Crippen LogP contribution in [-0.2, 0) is 35.6 Å². The first-order valence-corrected chi connectivity index (χ1v) is 19.4. The number of ether oxygens (including phenoxy) is 1. The van der Waals surface area contributed by atoms with Crippen LogP contribution < -0.4 is 15.4 Å². The summed E-state index contributed by atoms with van der Waals surface area (Å²) in [5.41, 5.74) is 1.76. The number of nitrogens with one attached hydrogen (secondary N) is 3. The highest BCUT2D eigenvalue weighted by atomic mass is 32.2. The molecule has 1 aliphatic heterocycles. The van der Waals surface area contributed by atoms with E-state index in [9.17, 15) is 27.6 Å². The standard InChI is InChI=1S/C35H45N5O7S2/c1-5-23-20-48-30(36-23)25-12-11-21(2)16-28(25)37-33(44)47-24-17-26-27(18-24)31(42)40(4)15-9-7-6-8-10-22-19-35(22,38-29(26)41)32(43)39-49(45,46)34(3)13-14-34/h8,10-12,16,20,22,24,26-27H,5-7,9,13-15,17-19H2,1-4H3,(H,37,44)(H,38,41)(H,39,43)/b10-8-. The second kappa shape index (κ2) is 13.5. The monoisotopic (exact) mass is 711 g/mol. The zero-order valence-electron chi connectivity index (χ0n) is 28.4. The van der Waals surface area contributed by atoms with E-state index in [4.69, 9.17) is 4.74 Å². The van der Waals surface area contributed by atoms with Gasteiger partial charge in [-0.2, -0.15) is 0 Å². The molecule has 0 spiro atoms. The molecule has 1 aromatic heterocycles. The summed E-state index contributed by atoms with van der Waals surface area (Å²) in [5.74, 6) is -3.59. The Balaban J connectivity index is 1.21. The van der Waals surface area contributed by atoms with Crippen molar-refractivity contribution in [3.8, 4) is 10.6 Å². The summed E-state index contributed by atoms with van der Waals surface area (Å²) in [4.78, 5) is 61.0. The minimum atomic E-state index is -3.93. The van der Waals surface area contributed by atoms with Crippen molar-refractivity contribution in [3.05, 3.63) is 47.0 Å². The fourth-order valence-corrected chi connectivity index (χ4v) is 9.08. The van der Waals surface area contributed by atoms with E-state index in [-0.39, 0.29) is 31.1 Å². The number of hydrogen-bond acceptors (Lipinski definition) is 9. The summed E-state index contributed by atoms with van der Waals surface area (Å²) in [6.07, 6.45) is 6.84. The molecule has 14 heteroatoms. The zero-order chi connectivity index (χ0) is 35.1. The zero-order valence-corrected chi connectivity index (χ0v) is 30.0. The van der Waals surface area contributed by atoms with Gasteiger partial charge in [-0.3, -0.25) is 24.4 Å². The summed E-state index contributed by atoms with van der Waals surface area (Å²) < 4.78 is 33.1. The molecule has 264 valence electrons. The van der Waals surface area contributed by atoms with Gasteiger partial charge >= 0.3 is 6.09 Å². The van der Waals surface area contributed by atoms with Crippen molar-refractivity contribution < 1.29 is 32.3 Å². The summed E-state index contributed by atoms with van der Waals surface area (Å²) in [5, 5.41) is 8.49. The molecule has 6 rings (SSSR count). The van der Waals surface area contributed by atoms with E-state index in [1.54, 1.807) is 18.9 Å². The molecule has 3 fully saturated rings. The molecule has 4 aliphatic rings. The maximum atomic E-state index is 14.0. The van der Waals surface area contributed by atoms with Gasteiger partial charge in [-0.25, -0.2) is 18.2 Å². The Morgan fingerprint density at radius 1 is 1.16 bits per heavy atom. The van der Waals surface area contributed by atoms with E-state index in [1.807, 2.05) is 49.6 Å². The lowest BCUT2D eigenvalue weighted by Gasteiger charge is -2.27. The predicted octanol–water partition coefficient (Wildman–Crippen LogP) is 4.70. The van der Waals surface area contributed by atoms with Crippen LogP contribution in [0.15, 0.2) is 35.7 Å². The molecule has 1 aromatic carbocycles. The number of aromatic nitrogens is 1. The van der Waals surface area contributed by atoms with Crippen LogP contribution in [0, 0.1) is 24.7 Å². The molecule has 0 bridgehead atoms. The van der Waals surface area contributed by atoms with Crippen LogP contribution in [-0.4, -0.2) is 72.1 Å². The van der Waals surface area contributed by atoms with Gasteiger partial charge in [-0.1, -0.05) is 25.1 Å². The Kier molecular flexibility index (Phi) is 9.66. The molecule has 2 heterocycles. The number of aryl methyl sites for hydroxylation is 2. The molecule has 0 radical (unpaired) electrons. The average molecular weight is 712 g/mol. The smallest absolute Gasteiger partial charge is 0.411 e. The molecule has 3 N–H and O–H groups in total. The molecule has 49 heavy (non-hydrogen) atoms. The second-order valence-electron chi connectivity index (χ2n) is 14.2. The molecular formula is C35H45N5O7S2. The number of fused-ring (bicyclic) bond motifs is 2. The number of nitrogens with zero attached hydrogens (tertiary/aromatic N) is 2. The van der Waals surface area contributed by atoms with E-state index in [0.717, 1.165) is 47.5 Å². The molecule has 0 saturated heterocycles. The van der Waals surface area contributed by atoms with Crippen molar-refractivity contribution >= 4 is 50.9 Å². The van der Waals surface area contributed by atoms with Gasteiger partial charge in [0.05, 0.1) is 28.0 Å². The molecule has 4 amide bonds. The molecular weight excluding hydrogens is 667 g/mol. The van der Waals surface area contributed by atoms with Crippen LogP contribution in [0.1, 0.15) is 76.5 Å². The fraction of sp³-hybridized carbons (Fsp3) is 0.571. The van der Waals surface area contributed by atoms with Crippen molar-refractivity contribution in [3.63, 3.8) is 0 Å². The van der Waals surface area contributed by atoms with Crippen LogP contribution in [0.5, 0.6) is 0 Å². The van der Waals surface area contributed by atoms with Crippen molar-refractivity contribution in [1.29, 1.82) is 0 Å². The number of hydrogen-bond donors (Lipinski definition) is 3. The first-order valence-electron chi connectivity index (χ1n) is 17.1. The Bertz CT molecular complexity index is 1790. The van der Waals surface area contributed by atoms with Gasteiger partial charge in [0.1, 0.15) is 16.7 Å². The number of benzene rings is 1. The lowest BCUT2D eigenvalue weighted by atomic mass is 9.93. The Morgan fingerprint density at radius 2 is 1.92 bits per heavy atom. The number of sulfonamides is 1. The quantitative estimate of drug-likeness (QED) is 0.348. The molecule has 5 unspecified atom stereocenters. The van der Waals surface area contributed by atoms with Gasteiger partial charge in [-0.05, 0) is 89.3 Å². The number of carbonyl (C=O) groups is 4. The van der Waals surface area contributed by atoms with E-state index in [2.05, 4.69) is 20.3 Å². The molecule has 3 aliphatic carbocycles. The van der Waals surface area contributed by atoms with Crippen LogP contribution in [0.25, 0.3) is 10.6 Å². The number of anilines is 1. The Labute approximate surface area is 291 Å². The van der Waals surface area contributed by atoms with Gasteiger partial charge in [0.15, 0.2) is 0 Å². The van der Waals surface area contributed by atoms with Crippen molar-refractivity contribution in [1.82, 2.24) is 19.9 Å². The van der Waals surface area contributed by atoms with Gasteiger partial charge in [0.25, 0.3) is 5.91 Å². The van der Waals surface area contributed by atoms with E-state index in [1.165, 1.54) is 11.3 Å². The van der Waals surface area contributed by atoms with Crippen molar-refractivity contribution in [2.75, 3.05) is 18.9 Å². The molecule has 3 saturated carbocycles. The van der Waals surface area contributed by atoms with E-state index < -0.39 is 56.2 Å². The van der Waals surface area contributed by atoms with Crippen LogP contribution in [0.4, 0.5) is 10.5 Å². The fourth-order valence-electron chi connectivity index (χ4n) is 6.82. The molecule has 5 atom stereocenters. The van der Waals surface area contributed by atoms with Gasteiger partial charge in [0.2, 0.25) is 21.8 Å². The maximum Gasteiger partial charge on any atom is 0.411 e. The maximum absolute atomic E-state index is 14.0. The molecule has 12 nitrogen and oxygen atoms in total. The van der Waals surface area contributed by atoms with Gasteiger partial charge < -0.3 is 15.0 Å². The third kappa shape index (κ3) is 7.26. The second-order valence-corrected chi connectivity index (χ2v) is 17.3. The van der Waals surface area contributed by atoms with Crippen molar-refractivity contribution in [2.24, 2.45) is 17.8 Å². The SMILES string of the molecule is CCc1csc(-c2ccc(C)cc2NC(=O)OC2CC3C(=O)NC4(C(=O)NS(=O)(=O)C5(C)CC5)CC4/C=C\CCCCN(C)C(=O)C3C2)n1. The minimum absolute atomic E-state index is 0.0745. The lowest BCUT2D eigenvalue weighted by molar-refractivity contribution is -0.140. The van der Waals surface area contributed by atoms with Gasteiger partial charge in [0, 0.05) is 30.5 Å². The minimum Gasteiger partial charge on any atom is -0.446 e. The number of rotatable bonds is 7. The summed E-state index contributed by atoms with van der Waals surface area (Å²) in [6, 6.07) is 5.70.